The molecule has 0 amide bonds. The number of rotatable bonds is 5. The van der Waals surface area contributed by atoms with E-state index in [1.807, 2.05) is 36.4 Å². The Morgan fingerprint density at radius 1 is 0.900 bits per heavy atom. The molecule has 0 heterocycles. The Kier molecular flexibility index (Phi) is 5.74. The van der Waals surface area contributed by atoms with E-state index in [1.54, 1.807) is 0 Å². The third-order valence-electron chi connectivity index (χ3n) is 3.30. The second-order valence-corrected chi connectivity index (χ2v) is 6.09. The van der Waals surface area contributed by atoms with Gasteiger partial charge in [-0.3, -0.25) is 0 Å². The third-order valence-corrected chi connectivity index (χ3v) is 4.24. The van der Waals surface area contributed by atoms with Crippen molar-refractivity contribution in [3.63, 3.8) is 0 Å². The van der Waals surface area contributed by atoms with Gasteiger partial charge in [-0.2, -0.15) is 0 Å². The minimum absolute atomic E-state index is 0.283. The first-order valence-electron chi connectivity index (χ1n) is 6.47. The van der Waals surface area contributed by atoms with Crippen LogP contribution >= 0.6 is 34.8 Å². The molecule has 0 aromatic heterocycles. The molecule has 0 aliphatic heterocycles. The maximum atomic E-state index is 6.21. The Hall–Kier alpha value is -0.730. The van der Waals surface area contributed by atoms with E-state index in [-0.39, 0.29) is 5.92 Å². The van der Waals surface area contributed by atoms with Crippen LogP contribution in [-0.2, 0) is 12.8 Å². The molecule has 2 N–H and O–H groups in total. The van der Waals surface area contributed by atoms with Gasteiger partial charge in [0, 0.05) is 15.1 Å². The first kappa shape index (κ1) is 15.7. The molecular weight excluding hydrogens is 313 g/mol. The van der Waals surface area contributed by atoms with Gasteiger partial charge in [-0.25, -0.2) is 0 Å². The van der Waals surface area contributed by atoms with Gasteiger partial charge in [0.15, 0.2) is 0 Å². The minimum atomic E-state index is 0.283. The van der Waals surface area contributed by atoms with E-state index in [0.717, 1.165) is 23.4 Å². The van der Waals surface area contributed by atoms with Crippen LogP contribution in [0.3, 0.4) is 0 Å². The number of benzene rings is 2. The maximum absolute atomic E-state index is 6.21. The van der Waals surface area contributed by atoms with Crippen molar-refractivity contribution < 1.29 is 0 Å². The second-order valence-electron chi connectivity index (χ2n) is 4.84. The number of halogens is 3. The van der Waals surface area contributed by atoms with E-state index in [1.165, 1.54) is 5.56 Å². The van der Waals surface area contributed by atoms with Gasteiger partial charge in [0.25, 0.3) is 0 Å². The highest BCUT2D eigenvalue weighted by Crippen LogP contribution is 2.28. The molecule has 2 aromatic carbocycles. The highest BCUT2D eigenvalue weighted by molar-refractivity contribution is 6.36. The Morgan fingerprint density at radius 2 is 1.55 bits per heavy atom. The fourth-order valence-corrected chi connectivity index (χ4v) is 3.02. The lowest BCUT2D eigenvalue weighted by Gasteiger charge is -2.17. The molecule has 4 heteroatoms. The molecule has 0 bridgehead atoms. The minimum Gasteiger partial charge on any atom is -0.330 e. The molecule has 0 aliphatic carbocycles. The number of hydrogen-bond acceptors (Lipinski definition) is 1. The van der Waals surface area contributed by atoms with E-state index >= 15 is 0 Å². The van der Waals surface area contributed by atoms with Gasteiger partial charge < -0.3 is 5.73 Å². The second kappa shape index (κ2) is 7.33. The summed E-state index contributed by atoms with van der Waals surface area (Å²) in [4.78, 5) is 0. The van der Waals surface area contributed by atoms with E-state index in [9.17, 15) is 0 Å². The first-order valence-corrected chi connectivity index (χ1v) is 7.61. The van der Waals surface area contributed by atoms with Crippen molar-refractivity contribution in [3.8, 4) is 0 Å². The summed E-state index contributed by atoms with van der Waals surface area (Å²) in [5, 5.41) is 2.14. The molecule has 0 spiro atoms. The summed E-state index contributed by atoms with van der Waals surface area (Å²) in [7, 11) is 0. The summed E-state index contributed by atoms with van der Waals surface area (Å²) in [6, 6.07) is 13.4. The van der Waals surface area contributed by atoms with Crippen LogP contribution < -0.4 is 5.73 Å². The zero-order valence-corrected chi connectivity index (χ0v) is 13.2. The highest BCUT2D eigenvalue weighted by atomic mass is 35.5. The van der Waals surface area contributed by atoms with Crippen molar-refractivity contribution >= 4 is 34.8 Å². The van der Waals surface area contributed by atoms with Crippen molar-refractivity contribution in [3.05, 3.63) is 68.7 Å². The van der Waals surface area contributed by atoms with Crippen LogP contribution in [0, 0.1) is 5.92 Å². The smallest absolute Gasteiger partial charge is 0.0452 e. The van der Waals surface area contributed by atoms with Crippen LogP contribution in [0.5, 0.6) is 0 Å². The lowest BCUT2D eigenvalue weighted by Crippen LogP contribution is -2.19. The molecule has 0 aliphatic rings. The van der Waals surface area contributed by atoms with Crippen molar-refractivity contribution in [1.29, 1.82) is 0 Å². The molecule has 0 saturated heterocycles. The Bertz CT molecular complexity index is 563. The Labute approximate surface area is 134 Å². The fraction of sp³-hybridized carbons (Fsp3) is 0.250. The van der Waals surface area contributed by atoms with Crippen molar-refractivity contribution in [1.82, 2.24) is 0 Å². The molecule has 0 radical (unpaired) electrons. The summed E-state index contributed by atoms with van der Waals surface area (Å²) in [5.41, 5.74) is 8.03. The van der Waals surface area contributed by atoms with Gasteiger partial charge in [-0.05, 0) is 60.7 Å². The topological polar surface area (TPSA) is 26.0 Å². The third kappa shape index (κ3) is 4.13. The Morgan fingerprint density at radius 3 is 2.15 bits per heavy atom. The molecule has 0 saturated carbocycles. The van der Waals surface area contributed by atoms with Gasteiger partial charge in [0.05, 0.1) is 0 Å². The quantitative estimate of drug-likeness (QED) is 0.820. The van der Waals surface area contributed by atoms with Crippen LogP contribution in [0.4, 0.5) is 0 Å². The van der Waals surface area contributed by atoms with Crippen LogP contribution in [0.15, 0.2) is 42.5 Å². The van der Waals surface area contributed by atoms with Crippen molar-refractivity contribution in [2.24, 2.45) is 11.7 Å². The largest absolute Gasteiger partial charge is 0.330 e. The molecule has 20 heavy (non-hydrogen) atoms. The molecule has 2 rings (SSSR count). The molecular formula is C16H16Cl3N. The number of nitrogens with two attached hydrogens (primary N) is 1. The number of hydrogen-bond donors (Lipinski definition) is 1. The van der Waals surface area contributed by atoms with Gasteiger partial charge >= 0.3 is 0 Å². The fourth-order valence-electron chi connectivity index (χ4n) is 2.25. The van der Waals surface area contributed by atoms with Gasteiger partial charge in [-0.1, -0.05) is 53.0 Å². The average molecular weight is 329 g/mol. The monoisotopic (exact) mass is 327 g/mol. The first-order chi connectivity index (χ1) is 9.60. The van der Waals surface area contributed by atoms with Crippen LogP contribution in [0.1, 0.15) is 11.1 Å². The summed E-state index contributed by atoms with van der Waals surface area (Å²) >= 11 is 18.4. The predicted octanol–water partition coefficient (Wildman–Crippen LogP) is 5.01. The lowest BCUT2D eigenvalue weighted by molar-refractivity contribution is 0.533. The van der Waals surface area contributed by atoms with E-state index < -0.39 is 0 Å². The standard InChI is InChI=1S/C16H16Cl3N/c17-13-4-1-3-11(8-13)7-12(10-20)9-14-15(18)5-2-6-16(14)19/h1-6,8,12H,7,9-10,20H2. The summed E-state index contributed by atoms with van der Waals surface area (Å²) in [5.74, 6) is 0.283. The van der Waals surface area contributed by atoms with Crippen LogP contribution in [0.25, 0.3) is 0 Å². The molecule has 1 unspecified atom stereocenters. The molecule has 1 nitrogen and oxygen atoms in total. The van der Waals surface area contributed by atoms with Crippen molar-refractivity contribution in [2.75, 3.05) is 6.54 Å². The van der Waals surface area contributed by atoms with Gasteiger partial charge in [0.2, 0.25) is 0 Å². The normalized spacial score (nSPS) is 12.4. The van der Waals surface area contributed by atoms with Crippen molar-refractivity contribution in [2.45, 2.75) is 12.8 Å². The van der Waals surface area contributed by atoms with E-state index in [2.05, 4.69) is 6.07 Å². The maximum Gasteiger partial charge on any atom is 0.0452 e. The Balaban J connectivity index is 2.13. The molecule has 1 atom stereocenters. The predicted molar refractivity (Wildman–Crippen MR) is 87.9 cm³/mol. The summed E-state index contributed by atoms with van der Waals surface area (Å²) in [6.07, 6.45) is 1.63. The average Bonchev–Trinajstić information content (AvgIpc) is 2.42. The lowest BCUT2D eigenvalue weighted by atomic mass is 9.92. The molecule has 0 fully saturated rings. The van der Waals surface area contributed by atoms with E-state index in [0.29, 0.717) is 16.6 Å². The molecule has 2 aromatic rings. The van der Waals surface area contributed by atoms with Gasteiger partial charge in [0.1, 0.15) is 0 Å². The zero-order chi connectivity index (χ0) is 14.5. The summed E-state index contributed by atoms with van der Waals surface area (Å²) < 4.78 is 0. The summed E-state index contributed by atoms with van der Waals surface area (Å²) in [6.45, 7) is 0.577. The van der Waals surface area contributed by atoms with Gasteiger partial charge in [-0.15, -0.1) is 0 Å². The van der Waals surface area contributed by atoms with Crippen LogP contribution in [-0.4, -0.2) is 6.54 Å². The highest BCUT2D eigenvalue weighted by Gasteiger charge is 2.14. The van der Waals surface area contributed by atoms with Crippen LogP contribution in [0.2, 0.25) is 15.1 Å². The van der Waals surface area contributed by atoms with E-state index in [4.69, 9.17) is 40.5 Å². The zero-order valence-electron chi connectivity index (χ0n) is 11.0. The SMILES string of the molecule is NCC(Cc1cccc(Cl)c1)Cc1c(Cl)cccc1Cl. The molecule has 106 valence electrons.